The maximum Gasteiger partial charge on any atom is 0.313 e. The van der Waals surface area contributed by atoms with Gasteiger partial charge in [0.15, 0.2) is 0 Å². The molecule has 136 valence electrons. The molecular weight excluding hydrogens is 318 g/mol. The number of nitrogens with zero attached hydrogens (tertiary/aromatic N) is 1. The molecule has 1 aromatic heterocycles. The normalized spacial score (nSPS) is 14.8. The van der Waals surface area contributed by atoms with Crippen molar-refractivity contribution in [3.8, 4) is 0 Å². The summed E-state index contributed by atoms with van der Waals surface area (Å²) < 4.78 is 2.06. The molecule has 0 aliphatic carbocycles. The Hall–Kier alpha value is -2.34. The number of aliphatic hydroxyl groups is 1. The number of aryl methyl sites for hydroxylation is 1. The van der Waals surface area contributed by atoms with Gasteiger partial charge in [0.2, 0.25) is 0 Å². The molecule has 1 aromatic carbocycles. The van der Waals surface area contributed by atoms with Gasteiger partial charge in [0.1, 0.15) is 0 Å². The molecule has 3 N–H and O–H groups in total. The number of carbonyl (C=O) groups is 2. The summed E-state index contributed by atoms with van der Waals surface area (Å²) in [6.45, 7) is 8.44. The van der Waals surface area contributed by atoms with E-state index < -0.39 is 17.4 Å². The Morgan fingerprint density at radius 3 is 2.60 bits per heavy atom. The SMILES string of the molecule is CCC(C)C(C)(O)CNC(=O)C(=O)Nc1ccc2ccn(CC)c2c1. The summed E-state index contributed by atoms with van der Waals surface area (Å²) >= 11 is 0. The first-order chi connectivity index (χ1) is 11.8. The number of nitrogens with one attached hydrogen (secondary N) is 2. The molecule has 0 saturated heterocycles. The van der Waals surface area contributed by atoms with Crippen LogP contribution in [0.3, 0.4) is 0 Å². The summed E-state index contributed by atoms with van der Waals surface area (Å²) in [6.07, 6.45) is 2.77. The molecule has 0 bridgehead atoms. The third-order valence-electron chi connectivity index (χ3n) is 4.86. The minimum atomic E-state index is -1.05. The van der Waals surface area contributed by atoms with Crippen LogP contribution in [0.5, 0.6) is 0 Å². The highest BCUT2D eigenvalue weighted by Crippen LogP contribution is 2.21. The second kappa shape index (κ2) is 7.70. The van der Waals surface area contributed by atoms with Gasteiger partial charge in [-0.3, -0.25) is 9.59 Å². The second-order valence-electron chi connectivity index (χ2n) is 6.68. The molecule has 6 heteroatoms. The topological polar surface area (TPSA) is 83.4 Å². The lowest BCUT2D eigenvalue weighted by Gasteiger charge is -2.29. The molecular formula is C19H27N3O3. The number of carbonyl (C=O) groups excluding carboxylic acids is 2. The third kappa shape index (κ3) is 4.39. The Balaban J connectivity index is 2.00. The van der Waals surface area contributed by atoms with Gasteiger partial charge in [-0.25, -0.2) is 0 Å². The van der Waals surface area contributed by atoms with Crippen molar-refractivity contribution in [3.05, 3.63) is 30.5 Å². The molecule has 2 aromatic rings. The largest absolute Gasteiger partial charge is 0.388 e. The van der Waals surface area contributed by atoms with Crippen LogP contribution in [0, 0.1) is 5.92 Å². The monoisotopic (exact) mass is 345 g/mol. The van der Waals surface area contributed by atoms with Gasteiger partial charge in [-0.05, 0) is 43.4 Å². The molecule has 0 aliphatic heterocycles. The zero-order chi connectivity index (χ0) is 18.6. The van der Waals surface area contributed by atoms with Crippen molar-refractivity contribution in [1.82, 2.24) is 9.88 Å². The molecule has 0 fully saturated rings. The van der Waals surface area contributed by atoms with Crippen LogP contribution in [0.2, 0.25) is 0 Å². The Bertz CT molecular complexity index is 764. The van der Waals surface area contributed by atoms with Gasteiger partial charge in [-0.1, -0.05) is 26.3 Å². The van der Waals surface area contributed by atoms with E-state index in [9.17, 15) is 14.7 Å². The Kier molecular flexibility index (Phi) is 5.85. The quantitative estimate of drug-likeness (QED) is 0.704. The summed E-state index contributed by atoms with van der Waals surface area (Å²) in [5.74, 6) is -1.48. The fraction of sp³-hybridized carbons (Fsp3) is 0.474. The second-order valence-corrected chi connectivity index (χ2v) is 6.68. The van der Waals surface area contributed by atoms with Gasteiger partial charge in [-0.2, -0.15) is 0 Å². The highest BCUT2D eigenvalue weighted by Gasteiger charge is 2.28. The average molecular weight is 345 g/mol. The van der Waals surface area contributed by atoms with Crippen LogP contribution in [-0.2, 0) is 16.1 Å². The maximum absolute atomic E-state index is 12.1. The van der Waals surface area contributed by atoms with Crippen molar-refractivity contribution < 1.29 is 14.7 Å². The van der Waals surface area contributed by atoms with E-state index in [1.807, 2.05) is 45.2 Å². The zero-order valence-electron chi connectivity index (χ0n) is 15.3. The van der Waals surface area contributed by atoms with Crippen molar-refractivity contribution in [2.75, 3.05) is 11.9 Å². The van der Waals surface area contributed by atoms with Crippen LogP contribution in [0.15, 0.2) is 30.5 Å². The standard InChI is InChI=1S/C19H27N3O3/c1-5-13(3)19(4,25)12-20-17(23)18(24)21-15-8-7-14-9-10-22(6-2)16(14)11-15/h7-11,13,25H,5-6,12H2,1-4H3,(H,20,23)(H,21,24). The highest BCUT2D eigenvalue weighted by atomic mass is 16.3. The Morgan fingerprint density at radius 1 is 1.24 bits per heavy atom. The van der Waals surface area contributed by atoms with Gasteiger partial charge in [-0.15, -0.1) is 0 Å². The smallest absolute Gasteiger partial charge is 0.313 e. The predicted octanol–water partition coefficient (Wildman–Crippen LogP) is 2.51. The van der Waals surface area contributed by atoms with Gasteiger partial charge >= 0.3 is 11.8 Å². The molecule has 2 atom stereocenters. The van der Waals surface area contributed by atoms with Crippen LogP contribution >= 0.6 is 0 Å². The van der Waals surface area contributed by atoms with Gasteiger partial charge < -0.3 is 20.3 Å². The summed E-state index contributed by atoms with van der Waals surface area (Å²) in [6, 6.07) is 7.53. The lowest BCUT2D eigenvalue weighted by molar-refractivity contribution is -0.137. The molecule has 2 amide bonds. The van der Waals surface area contributed by atoms with Gasteiger partial charge in [0.25, 0.3) is 0 Å². The molecule has 0 aliphatic rings. The molecule has 2 unspecified atom stereocenters. The van der Waals surface area contributed by atoms with Crippen LogP contribution in [0.1, 0.15) is 34.1 Å². The molecule has 25 heavy (non-hydrogen) atoms. The number of fused-ring (bicyclic) bond motifs is 1. The number of anilines is 1. The van der Waals surface area contributed by atoms with Crippen molar-refractivity contribution >= 4 is 28.4 Å². The van der Waals surface area contributed by atoms with E-state index in [1.54, 1.807) is 13.0 Å². The molecule has 0 spiro atoms. The van der Waals surface area contributed by atoms with Crippen LogP contribution in [-0.4, -0.2) is 33.6 Å². The number of benzene rings is 1. The lowest BCUT2D eigenvalue weighted by atomic mass is 9.89. The maximum atomic E-state index is 12.1. The van der Waals surface area contributed by atoms with E-state index in [0.717, 1.165) is 23.9 Å². The third-order valence-corrected chi connectivity index (χ3v) is 4.86. The number of aromatic nitrogens is 1. The molecule has 0 saturated carbocycles. The van der Waals surface area contributed by atoms with Gasteiger partial charge in [0, 0.05) is 25.0 Å². The first-order valence-corrected chi connectivity index (χ1v) is 8.69. The van der Waals surface area contributed by atoms with Crippen LogP contribution in [0.25, 0.3) is 10.9 Å². The van der Waals surface area contributed by atoms with Crippen molar-refractivity contribution in [3.63, 3.8) is 0 Å². The summed E-state index contributed by atoms with van der Waals surface area (Å²) in [5, 5.41) is 16.5. The minimum absolute atomic E-state index is 0.0140. The predicted molar refractivity (Wildman–Crippen MR) is 99.3 cm³/mol. The zero-order valence-corrected chi connectivity index (χ0v) is 15.3. The van der Waals surface area contributed by atoms with E-state index in [0.29, 0.717) is 5.69 Å². The fourth-order valence-electron chi connectivity index (χ4n) is 2.68. The number of amides is 2. The van der Waals surface area contributed by atoms with E-state index in [1.165, 1.54) is 0 Å². The molecule has 1 heterocycles. The Morgan fingerprint density at radius 2 is 1.96 bits per heavy atom. The molecule has 2 rings (SSSR count). The molecule has 0 radical (unpaired) electrons. The molecule has 6 nitrogen and oxygen atoms in total. The summed E-state index contributed by atoms with van der Waals surface area (Å²) in [5.41, 5.74) is 0.515. The van der Waals surface area contributed by atoms with Crippen LogP contribution in [0.4, 0.5) is 5.69 Å². The number of rotatable bonds is 6. The summed E-state index contributed by atoms with van der Waals surface area (Å²) in [4.78, 5) is 24.1. The number of hydrogen-bond donors (Lipinski definition) is 3. The van der Waals surface area contributed by atoms with E-state index in [4.69, 9.17) is 0 Å². The number of hydrogen-bond acceptors (Lipinski definition) is 3. The average Bonchev–Trinajstić information content (AvgIpc) is 3.01. The van der Waals surface area contributed by atoms with Crippen molar-refractivity contribution in [1.29, 1.82) is 0 Å². The van der Waals surface area contributed by atoms with Crippen molar-refractivity contribution in [2.45, 2.75) is 46.3 Å². The highest BCUT2D eigenvalue weighted by molar-refractivity contribution is 6.39. The fourth-order valence-corrected chi connectivity index (χ4v) is 2.68. The summed E-state index contributed by atoms with van der Waals surface area (Å²) in [7, 11) is 0. The van der Waals surface area contributed by atoms with E-state index in [-0.39, 0.29) is 12.5 Å². The minimum Gasteiger partial charge on any atom is -0.388 e. The Labute approximate surface area is 148 Å². The lowest BCUT2D eigenvalue weighted by Crippen LogP contribution is -2.47. The van der Waals surface area contributed by atoms with E-state index in [2.05, 4.69) is 15.2 Å². The van der Waals surface area contributed by atoms with Gasteiger partial charge in [0.05, 0.1) is 11.1 Å². The first-order valence-electron chi connectivity index (χ1n) is 8.69. The van der Waals surface area contributed by atoms with Crippen molar-refractivity contribution in [2.24, 2.45) is 5.92 Å². The van der Waals surface area contributed by atoms with E-state index >= 15 is 0 Å². The van der Waals surface area contributed by atoms with Crippen LogP contribution < -0.4 is 10.6 Å². The first kappa shape index (κ1) is 19.0.